The Kier molecular flexibility index (Phi) is 5.28. The van der Waals surface area contributed by atoms with Crippen LogP contribution in [0.3, 0.4) is 0 Å². The first-order valence-corrected chi connectivity index (χ1v) is 7.73. The molecular weight excluding hydrogens is 300 g/mol. The molecule has 1 atom stereocenters. The summed E-state index contributed by atoms with van der Waals surface area (Å²) in [7, 11) is 0. The number of rotatable bonds is 4. The van der Waals surface area contributed by atoms with Gasteiger partial charge in [-0.25, -0.2) is 4.79 Å². The number of nitrogens with one attached hydrogen (secondary N) is 2. The fourth-order valence-electron chi connectivity index (χ4n) is 1.98. The lowest BCUT2D eigenvalue weighted by molar-refractivity contribution is -0.116. The van der Waals surface area contributed by atoms with Crippen LogP contribution in [-0.4, -0.2) is 41.1 Å². The molecule has 0 spiro atoms. The van der Waals surface area contributed by atoms with Gasteiger partial charge in [0.15, 0.2) is 0 Å². The molecule has 1 heterocycles. The Morgan fingerprint density at radius 3 is 2.95 bits per heavy atom. The second-order valence-electron chi connectivity index (χ2n) is 4.47. The number of carbonyl (C=O) groups is 2. The number of hydrogen-bond acceptors (Lipinski definition) is 4. The van der Waals surface area contributed by atoms with E-state index >= 15 is 0 Å². The lowest BCUT2D eigenvalue weighted by atomic mass is 10.1. The van der Waals surface area contributed by atoms with E-state index in [1.165, 1.54) is 12.1 Å². The molecule has 108 valence electrons. The van der Waals surface area contributed by atoms with Gasteiger partial charge < -0.3 is 15.7 Å². The predicted molar refractivity (Wildman–Crippen MR) is 80.8 cm³/mol. The Hall–Kier alpha value is -1.24. The van der Waals surface area contributed by atoms with E-state index in [1.807, 2.05) is 11.8 Å². The fourth-order valence-corrected chi connectivity index (χ4v) is 3.10. The Morgan fingerprint density at radius 2 is 2.30 bits per heavy atom. The maximum absolute atomic E-state index is 12.0. The SMILES string of the molecule is O=C(CC1CSCCN1)Nc1ccc(Cl)cc1C(=O)O. The number of aromatic carboxylic acids is 1. The molecule has 1 unspecified atom stereocenters. The number of anilines is 1. The van der Waals surface area contributed by atoms with Crippen molar-refractivity contribution in [2.45, 2.75) is 12.5 Å². The minimum Gasteiger partial charge on any atom is -0.478 e. The molecule has 0 aromatic heterocycles. The number of carbonyl (C=O) groups excluding carboxylic acids is 1. The van der Waals surface area contributed by atoms with Gasteiger partial charge >= 0.3 is 5.97 Å². The van der Waals surface area contributed by atoms with Crippen molar-refractivity contribution in [3.05, 3.63) is 28.8 Å². The molecule has 3 N–H and O–H groups in total. The highest BCUT2D eigenvalue weighted by Crippen LogP contribution is 2.21. The molecule has 7 heteroatoms. The molecular formula is C13H15ClN2O3S. The zero-order valence-corrected chi connectivity index (χ0v) is 12.3. The minimum absolute atomic E-state index is 0.00294. The van der Waals surface area contributed by atoms with Gasteiger partial charge in [-0.2, -0.15) is 11.8 Å². The second kappa shape index (κ2) is 6.97. The minimum atomic E-state index is -1.12. The van der Waals surface area contributed by atoms with Crippen molar-refractivity contribution in [3.63, 3.8) is 0 Å². The van der Waals surface area contributed by atoms with Crippen molar-refractivity contribution < 1.29 is 14.7 Å². The normalized spacial score (nSPS) is 18.6. The third kappa shape index (κ3) is 4.13. The van der Waals surface area contributed by atoms with Gasteiger partial charge in [0.05, 0.1) is 11.3 Å². The molecule has 1 aliphatic rings. The van der Waals surface area contributed by atoms with Gasteiger partial charge in [-0.05, 0) is 18.2 Å². The Labute approximate surface area is 126 Å². The first-order chi connectivity index (χ1) is 9.56. The third-order valence-electron chi connectivity index (χ3n) is 2.92. The summed E-state index contributed by atoms with van der Waals surface area (Å²) >= 11 is 7.57. The Bertz CT molecular complexity index is 518. The van der Waals surface area contributed by atoms with E-state index in [9.17, 15) is 9.59 Å². The topological polar surface area (TPSA) is 78.4 Å². The van der Waals surface area contributed by atoms with Gasteiger partial charge in [-0.1, -0.05) is 11.6 Å². The molecule has 1 fully saturated rings. The van der Waals surface area contributed by atoms with E-state index in [0.717, 1.165) is 18.1 Å². The standard InChI is InChI=1S/C13H15ClN2O3S/c14-8-1-2-11(10(5-8)13(18)19)16-12(17)6-9-7-20-4-3-15-9/h1-2,5,9,15H,3-4,6-7H2,(H,16,17)(H,18,19). The summed E-state index contributed by atoms with van der Waals surface area (Å²) < 4.78 is 0. The van der Waals surface area contributed by atoms with Crippen molar-refractivity contribution in [3.8, 4) is 0 Å². The molecule has 0 radical (unpaired) electrons. The highest BCUT2D eigenvalue weighted by molar-refractivity contribution is 7.99. The number of benzene rings is 1. The predicted octanol–water partition coefficient (Wildman–Crippen LogP) is 2.07. The number of carboxylic acids is 1. The van der Waals surface area contributed by atoms with E-state index in [-0.39, 0.29) is 23.2 Å². The van der Waals surface area contributed by atoms with E-state index in [4.69, 9.17) is 16.7 Å². The summed E-state index contributed by atoms with van der Waals surface area (Å²) in [6.45, 7) is 0.893. The van der Waals surface area contributed by atoms with E-state index < -0.39 is 5.97 Å². The number of amides is 1. The Morgan fingerprint density at radius 1 is 1.50 bits per heavy atom. The summed E-state index contributed by atoms with van der Waals surface area (Å²) in [6.07, 6.45) is 0.328. The quantitative estimate of drug-likeness (QED) is 0.793. The fraction of sp³-hybridized carbons (Fsp3) is 0.385. The van der Waals surface area contributed by atoms with E-state index in [0.29, 0.717) is 11.4 Å². The van der Waals surface area contributed by atoms with Gasteiger partial charge in [0, 0.05) is 35.5 Å². The third-order valence-corrected chi connectivity index (χ3v) is 4.28. The molecule has 1 amide bonds. The van der Waals surface area contributed by atoms with Gasteiger partial charge in [0.1, 0.15) is 0 Å². The first-order valence-electron chi connectivity index (χ1n) is 6.20. The summed E-state index contributed by atoms with van der Waals surface area (Å²) in [5.74, 6) is 0.627. The van der Waals surface area contributed by atoms with Crippen LogP contribution in [0.15, 0.2) is 18.2 Å². The lowest BCUT2D eigenvalue weighted by Gasteiger charge is -2.22. The highest BCUT2D eigenvalue weighted by atomic mass is 35.5. The average molecular weight is 315 g/mol. The number of halogens is 1. The average Bonchev–Trinajstić information content (AvgIpc) is 2.41. The summed E-state index contributed by atoms with van der Waals surface area (Å²) in [4.78, 5) is 23.1. The summed E-state index contributed by atoms with van der Waals surface area (Å²) in [5, 5.41) is 15.3. The summed E-state index contributed by atoms with van der Waals surface area (Å²) in [5.41, 5.74) is 0.271. The van der Waals surface area contributed by atoms with Gasteiger partial charge in [0.2, 0.25) is 5.91 Å². The largest absolute Gasteiger partial charge is 0.478 e. The second-order valence-corrected chi connectivity index (χ2v) is 6.06. The highest BCUT2D eigenvalue weighted by Gasteiger charge is 2.18. The van der Waals surface area contributed by atoms with Crippen LogP contribution in [0.25, 0.3) is 0 Å². The summed E-state index contributed by atoms with van der Waals surface area (Å²) in [6, 6.07) is 4.52. The van der Waals surface area contributed by atoms with Crippen molar-refractivity contribution in [2.75, 3.05) is 23.4 Å². The molecule has 0 saturated carbocycles. The molecule has 20 heavy (non-hydrogen) atoms. The monoisotopic (exact) mass is 314 g/mol. The van der Waals surface area contributed by atoms with Crippen LogP contribution in [0, 0.1) is 0 Å². The molecule has 1 aliphatic heterocycles. The first kappa shape index (κ1) is 15.2. The molecule has 5 nitrogen and oxygen atoms in total. The van der Waals surface area contributed by atoms with E-state index in [1.54, 1.807) is 6.07 Å². The van der Waals surface area contributed by atoms with Crippen LogP contribution >= 0.6 is 23.4 Å². The molecule has 2 rings (SSSR count). The van der Waals surface area contributed by atoms with Crippen molar-refractivity contribution in [2.24, 2.45) is 0 Å². The molecule has 0 aliphatic carbocycles. The maximum Gasteiger partial charge on any atom is 0.337 e. The van der Waals surface area contributed by atoms with Crippen molar-refractivity contribution in [1.29, 1.82) is 0 Å². The van der Waals surface area contributed by atoms with Gasteiger partial charge in [0.25, 0.3) is 0 Å². The van der Waals surface area contributed by atoms with E-state index in [2.05, 4.69) is 10.6 Å². The zero-order valence-electron chi connectivity index (χ0n) is 10.7. The number of carboxylic acid groups (broad SMARTS) is 1. The molecule has 1 aromatic rings. The molecule has 1 aromatic carbocycles. The van der Waals surface area contributed by atoms with Crippen LogP contribution in [0.1, 0.15) is 16.8 Å². The van der Waals surface area contributed by atoms with Crippen LogP contribution in [-0.2, 0) is 4.79 Å². The Balaban J connectivity index is 2.01. The van der Waals surface area contributed by atoms with Crippen molar-refractivity contribution in [1.82, 2.24) is 5.32 Å². The zero-order chi connectivity index (χ0) is 14.5. The van der Waals surface area contributed by atoms with Crippen molar-refractivity contribution >= 4 is 40.9 Å². The van der Waals surface area contributed by atoms with Gasteiger partial charge in [-0.15, -0.1) is 0 Å². The smallest absolute Gasteiger partial charge is 0.337 e. The van der Waals surface area contributed by atoms with Crippen LogP contribution in [0.4, 0.5) is 5.69 Å². The number of hydrogen-bond donors (Lipinski definition) is 3. The van der Waals surface area contributed by atoms with Crippen LogP contribution in [0.5, 0.6) is 0 Å². The van der Waals surface area contributed by atoms with Crippen LogP contribution < -0.4 is 10.6 Å². The number of thioether (sulfide) groups is 1. The van der Waals surface area contributed by atoms with Gasteiger partial charge in [-0.3, -0.25) is 4.79 Å². The lowest BCUT2D eigenvalue weighted by Crippen LogP contribution is -2.40. The van der Waals surface area contributed by atoms with Crippen LogP contribution in [0.2, 0.25) is 5.02 Å². The molecule has 0 bridgehead atoms. The molecule has 1 saturated heterocycles. The maximum atomic E-state index is 12.0.